The number of benzene rings is 2. The van der Waals surface area contributed by atoms with Crippen molar-refractivity contribution in [3.8, 4) is 6.07 Å². The van der Waals surface area contributed by atoms with E-state index < -0.39 is 16.1 Å². The lowest BCUT2D eigenvalue weighted by Gasteiger charge is -2.14. The molecule has 3 aromatic rings. The lowest BCUT2D eigenvalue weighted by atomic mass is 10.1. The number of sulfonamides is 1. The SMILES string of the molecule is C[C@H](NS(=O)(=O)Cc1noc2ccccc12)c1ccc(C#N)cc1. The summed E-state index contributed by atoms with van der Waals surface area (Å²) in [5, 5.41) is 13.3. The first-order chi connectivity index (χ1) is 11.5. The highest BCUT2D eigenvalue weighted by Gasteiger charge is 2.20. The number of aromatic nitrogens is 1. The number of nitriles is 1. The zero-order valence-electron chi connectivity index (χ0n) is 12.9. The molecule has 6 nitrogen and oxygen atoms in total. The average Bonchev–Trinajstić information content (AvgIpc) is 2.97. The van der Waals surface area contributed by atoms with Crippen LogP contribution in [0.3, 0.4) is 0 Å². The highest BCUT2D eigenvalue weighted by Crippen LogP contribution is 2.21. The maximum absolute atomic E-state index is 12.4. The Bertz CT molecular complexity index is 1000. The van der Waals surface area contributed by atoms with Gasteiger partial charge in [-0.05, 0) is 36.8 Å². The molecule has 122 valence electrons. The molecule has 1 atom stereocenters. The molecule has 24 heavy (non-hydrogen) atoms. The molecule has 0 bridgehead atoms. The highest BCUT2D eigenvalue weighted by molar-refractivity contribution is 7.88. The van der Waals surface area contributed by atoms with Gasteiger partial charge < -0.3 is 4.52 Å². The molecule has 0 spiro atoms. The van der Waals surface area contributed by atoms with Crippen molar-refractivity contribution in [3.05, 3.63) is 65.4 Å². The minimum absolute atomic E-state index is 0.259. The van der Waals surface area contributed by atoms with Crippen LogP contribution in [0.4, 0.5) is 0 Å². The van der Waals surface area contributed by atoms with Gasteiger partial charge in [0.1, 0.15) is 11.4 Å². The van der Waals surface area contributed by atoms with E-state index in [9.17, 15) is 8.42 Å². The van der Waals surface area contributed by atoms with Crippen LogP contribution in [0.5, 0.6) is 0 Å². The fourth-order valence-corrected chi connectivity index (χ4v) is 3.77. The van der Waals surface area contributed by atoms with Gasteiger partial charge in [-0.15, -0.1) is 0 Å². The lowest BCUT2D eigenvalue weighted by molar-refractivity contribution is 0.448. The first-order valence-electron chi connectivity index (χ1n) is 7.32. The molecular formula is C17H15N3O3S. The maximum atomic E-state index is 12.4. The topological polar surface area (TPSA) is 96.0 Å². The molecule has 1 heterocycles. The second kappa shape index (κ2) is 6.43. The van der Waals surface area contributed by atoms with Crippen LogP contribution in [0, 0.1) is 11.3 Å². The molecule has 1 aromatic heterocycles. The third-order valence-corrected chi connectivity index (χ3v) is 5.04. The third-order valence-electron chi connectivity index (χ3n) is 3.68. The molecule has 0 unspecified atom stereocenters. The van der Waals surface area contributed by atoms with E-state index in [1.807, 2.05) is 12.1 Å². The zero-order chi connectivity index (χ0) is 17.2. The van der Waals surface area contributed by atoms with Crippen molar-refractivity contribution >= 4 is 21.0 Å². The van der Waals surface area contributed by atoms with Crippen molar-refractivity contribution in [2.45, 2.75) is 18.7 Å². The number of hydrogen-bond acceptors (Lipinski definition) is 5. The van der Waals surface area contributed by atoms with Crippen molar-refractivity contribution in [2.75, 3.05) is 0 Å². The normalized spacial score (nSPS) is 12.8. The highest BCUT2D eigenvalue weighted by atomic mass is 32.2. The van der Waals surface area contributed by atoms with Gasteiger partial charge in [-0.3, -0.25) is 0 Å². The summed E-state index contributed by atoms with van der Waals surface area (Å²) in [6.45, 7) is 1.75. The van der Waals surface area contributed by atoms with E-state index in [1.54, 1.807) is 49.4 Å². The van der Waals surface area contributed by atoms with Gasteiger partial charge in [0.25, 0.3) is 0 Å². The first-order valence-corrected chi connectivity index (χ1v) is 8.97. The van der Waals surface area contributed by atoms with Crippen LogP contribution in [0.25, 0.3) is 11.0 Å². The third kappa shape index (κ3) is 3.45. The first kappa shape index (κ1) is 16.2. The fourth-order valence-electron chi connectivity index (χ4n) is 2.45. The maximum Gasteiger partial charge on any atom is 0.218 e. The van der Waals surface area contributed by atoms with E-state index in [4.69, 9.17) is 9.78 Å². The van der Waals surface area contributed by atoms with E-state index in [0.29, 0.717) is 22.2 Å². The summed E-state index contributed by atoms with van der Waals surface area (Å²) in [6.07, 6.45) is 0. The Morgan fingerprint density at radius 3 is 2.62 bits per heavy atom. The Balaban J connectivity index is 1.76. The molecule has 0 aliphatic rings. The molecule has 2 aromatic carbocycles. The van der Waals surface area contributed by atoms with E-state index >= 15 is 0 Å². The number of nitrogens with zero attached hydrogens (tertiary/aromatic N) is 2. The minimum Gasteiger partial charge on any atom is -0.356 e. The molecule has 1 N–H and O–H groups in total. The smallest absolute Gasteiger partial charge is 0.218 e. The second-order valence-corrected chi connectivity index (χ2v) is 7.21. The second-order valence-electron chi connectivity index (χ2n) is 5.46. The van der Waals surface area contributed by atoms with Crippen molar-refractivity contribution in [1.29, 1.82) is 5.26 Å². The molecule has 0 aliphatic heterocycles. The Kier molecular flexibility index (Phi) is 4.34. The van der Waals surface area contributed by atoms with Gasteiger partial charge in [-0.2, -0.15) is 5.26 Å². The van der Waals surface area contributed by atoms with Crippen LogP contribution in [-0.4, -0.2) is 13.6 Å². The number of hydrogen-bond donors (Lipinski definition) is 1. The predicted octanol–water partition coefficient (Wildman–Crippen LogP) is 2.88. The Morgan fingerprint density at radius 2 is 1.92 bits per heavy atom. The van der Waals surface area contributed by atoms with Gasteiger partial charge in [0.15, 0.2) is 5.58 Å². The summed E-state index contributed by atoms with van der Waals surface area (Å²) in [5.41, 5.74) is 2.25. The molecule has 7 heteroatoms. The molecule has 0 saturated heterocycles. The summed E-state index contributed by atoms with van der Waals surface area (Å²) < 4.78 is 32.6. The minimum atomic E-state index is -3.60. The van der Waals surface area contributed by atoms with Crippen molar-refractivity contribution in [2.24, 2.45) is 0 Å². The van der Waals surface area contributed by atoms with E-state index in [0.717, 1.165) is 5.56 Å². The zero-order valence-corrected chi connectivity index (χ0v) is 13.7. The summed E-state index contributed by atoms with van der Waals surface area (Å²) in [6, 6.07) is 15.5. The van der Waals surface area contributed by atoms with Gasteiger partial charge in [-0.25, -0.2) is 13.1 Å². The van der Waals surface area contributed by atoms with Crippen LogP contribution in [0.15, 0.2) is 53.1 Å². The Labute approximate surface area is 139 Å². The van der Waals surface area contributed by atoms with Gasteiger partial charge in [0, 0.05) is 11.4 Å². The van der Waals surface area contributed by atoms with Gasteiger partial charge >= 0.3 is 0 Å². The van der Waals surface area contributed by atoms with Crippen LogP contribution in [-0.2, 0) is 15.8 Å². The van der Waals surface area contributed by atoms with Gasteiger partial charge in [0.2, 0.25) is 10.0 Å². The van der Waals surface area contributed by atoms with Crippen LogP contribution < -0.4 is 4.72 Å². The fraction of sp³-hybridized carbons (Fsp3) is 0.176. The molecular weight excluding hydrogens is 326 g/mol. The summed E-state index contributed by atoms with van der Waals surface area (Å²) in [5.74, 6) is -0.259. The van der Waals surface area contributed by atoms with Crippen molar-refractivity contribution < 1.29 is 12.9 Å². The quantitative estimate of drug-likeness (QED) is 0.770. The van der Waals surface area contributed by atoms with Crippen molar-refractivity contribution in [3.63, 3.8) is 0 Å². The van der Waals surface area contributed by atoms with E-state index in [2.05, 4.69) is 9.88 Å². The average molecular weight is 341 g/mol. The van der Waals surface area contributed by atoms with Crippen LogP contribution in [0.1, 0.15) is 29.8 Å². The molecule has 0 amide bonds. The molecule has 0 aliphatic carbocycles. The van der Waals surface area contributed by atoms with E-state index in [1.165, 1.54) is 0 Å². The standard InChI is InChI=1S/C17H15N3O3S/c1-12(14-8-6-13(10-18)7-9-14)20-24(21,22)11-16-15-4-2-3-5-17(15)23-19-16/h2-9,12,20H,11H2,1H3/t12-/m0/s1. The molecule has 3 rings (SSSR count). The molecule has 0 saturated carbocycles. The van der Waals surface area contributed by atoms with Crippen molar-refractivity contribution in [1.82, 2.24) is 9.88 Å². The number of nitrogens with one attached hydrogen (secondary N) is 1. The Morgan fingerprint density at radius 1 is 1.21 bits per heavy atom. The Hall–Kier alpha value is -2.69. The monoisotopic (exact) mass is 341 g/mol. The van der Waals surface area contributed by atoms with E-state index in [-0.39, 0.29) is 5.75 Å². The number of rotatable bonds is 5. The largest absolute Gasteiger partial charge is 0.356 e. The number of fused-ring (bicyclic) bond motifs is 1. The molecule has 0 fully saturated rings. The predicted molar refractivity (Wildman–Crippen MR) is 89.3 cm³/mol. The lowest BCUT2D eigenvalue weighted by Crippen LogP contribution is -2.28. The van der Waals surface area contributed by atoms with Crippen LogP contribution in [0.2, 0.25) is 0 Å². The van der Waals surface area contributed by atoms with Gasteiger partial charge in [0.05, 0.1) is 11.6 Å². The van der Waals surface area contributed by atoms with Crippen LogP contribution >= 0.6 is 0 Å². The number of para-hydroxylation sites is 1. The summed E-state index contributed by atoms with van der Waals surface area (Å²) in [7, 11) is -3.60. The summed E-state index contributed by atoms with van der Waals surface area (Å²) in [4.78, 5) is 0. The molecule has 0 radical (unpaired) electrons. The van der Waals surface area contributed by atoms with Gasteiger partial charge in [-0.1, -0.05) is 29.4 Å². The summed E-state index contributed by atoms with van der Waals surface area (Å²) >= 11 is 0.